The van der Waals surface area contributed by atoms with E-state index in [1.165, 1.54) is 42.8 Å². The number of ether oxygens (including phenoxy) is 2. The van der Waals surface area contributed by atoms with Crippen molar-refractivity contribution in [2.45, 2.75) is 0 Å². The molecule has 26 heavy (non-hydrogen) atoms. The quantitative estimate of drug-likeness (QED) is 0.730. The maximum absolute atomic E-state index is 11.9. The van der Waals surface area contributed by atoms with Crippen molar-refractivity contribution in [3.05, 3.63) is 30.0 Å². The highest BCUT2D eigenvalue weighted by atomic mass is 32.2. The average Bonchev–Trinajstić information content (AvgIpc) is 3.12. The lowest BCUT2D eigenvalue weighted by molar-refractivity contribution is 0.0696. The smallest absolute Gasteiger partial charge is 0.335 e. The van der Waals surface area contributed by atoms with Crippen LogP contribution < -0.4 is 13.9 Å². The molecule has 2 heterocycles. The fourth-order valence-electron chi connectivity index (χ4n) is 2.50. The number of carboxylic acid groups (broad SMARTS) is 1. The van der Waals surface area contributed by atoms with E-state index in [9.17, 15) is 13.6 Å². The van der Waals surface area contributed by atoms with E-state index in [-0.39, 0.29) is 17.0 Å². The van der Waals surface area contributed by atoms with Gasteiger partial charge in [-0.25, -0.2) is 9.78 Å². The second-order valence-corrected chi connectivity index (χ2v) is 7.07. The van der Waals surface area contributed by atoms with Crippen LogP contribution in [-0.2, 0) is 16.0 Å². The number of morpholine rings is 1. The third kappa shape index (κ3) is 3.80. The highest BCUT2D eigenvalue weighted by molar-refractivity contribution is 7.81. The Bertz CT molecular complexity index is 821. The standard InChI is InChI=1S/C15H17N3O6S2/c1-23-12-8-10(14(19)20)2-3-11(12)18(26(21)22)13-9-16-15(25-13)17-4-6-24-7-5-17/h2-3,8-9H,4-7H2,1H3,(H,19,20)(H,21,22)/p-1. The number of rotatable bonds is 6. The van der Waals surface area contributed by atoms with E-state index in [1.807, 2.05) is 4.90 Å². The number of aromatic carboxylic acids is 1. The molecule has 2 aromatic rings. The molecule has 0 bridgehead atoms. The monoisotopic (exact) mass is 398 g/mol. The van der Waals surface area contributed by atoms with Crippen molar-refractivity contribution >= 4 is 44.4 Å². The summed E-state index contributed by atoms with van der Waals surface area (Å²) < 4.78 is 35.3. The molecule has 0 aliphatic carbocycles. The molecule has 1 N–H and O–H groups in total. The molecule has 140 valence electrons. The second-order valence-electron chi connectivity index (χ2n) is 5.28. The normalized spacial score (nSPS) is 15.5. The van der Waals surface area contributed by atoms with Crippen molar-refractivity contribution < 1.29 is 28.1 Å². The van der Waals surface area contributed by atoms with Gasteiger partial charge in [-0.1, -0.05) is 11.3 Å². The average molecular weight is 398 g/mol. The number of hydrogen-bond acceptors (Lipinski definition) is 8. The lowest BCUT2D eigenvalue weighted by Gasteiger charge is -2.27. The number of carbonyl (C=O) groups is 1. The zero-order valence-electron chi connectivity index (χ0n) is 13.8. The van der Waals surface area contributed by atoms with Crippen LogP contribution in [0, 0.1) is 0 Å². The van der Waals surface area contributed by atoms with Gasteiger partial charge >= 0.3 is 5.97 Å². The summed E-state index contributed by atoms with van der Waals surface area (Å²) in [5.74, 6) is -0.993. The van der Waals surface area contributed by atoms with E-state index in [0.29, 0.717) is 36.4 Å². The highest BCUT2D eigenvalue weighted by Gasteiger charge is 2.22. The number of aromatic nitrogens is 1. The zero-order valence-corrected chi connectivity index (χ0v) is 15.4. The van der Waals surface area contributed by atoms with Gasteiger partial charge in [-0.05, 0) is 18.2 Å². The maximum atomic E-state index is 11.9. The third-order valence-corrected chi connectivity index (χ3v) is 5.61. The van der Waals surface area contributed by atoms with Crippen LogP contribution in [0.2, 0.25) is 0 Å². The Kier molecular flexibility index (Phi) is 5.71. The lowest BCUT2D eigenvalue weighted by atomic mass is 10.2. The number of thiazole rings is 1. The summed E-state index contributed by atoms with van der Waals surface area (Å²) in [5, 5.41) is 10.2. The summed E-state index contributed by atoms with van der Waals surface area (Å²) in [7, 11) is 1.35. The van der Waals surface area contributed by atoms with Gasteiger partial charge in [0.05, 0.1) is 49.0 Å². The molecule has 1 aliphatic heterocycles. The topological polar surface area (TPSA) is 115 Å². The Morgan fingerprint density at radius 2 is 2.19 bits per heavy atom. The minimum absolute atomic E-state index is 0.000502. The summed E-state index contributed by atoms with van der Waals surface area (Å²) in [6.45, 7) is 2.56. The van der Waals surface area contributed by atoms with Crippen molar-refractivity contribution in [1.29, 1.82) is 0 Å². The predicted molar refractivity (Wildman–Crippen MR) is 96.2 cm³/mol. The van der Waals surface area contributed by atoms with Gasteiger partial charge in [-0.15, -0.1) is 0 Å². The number of anilines is 3. The van der Waals surface area contributed by atoms with Gasteiger partial charge in [-0.3, -0.25) is 8.51 Å². The van der Waals surface area contributed by atoms with Crippen molar-refractivity contribution in [3.63, 3.8) is 0 Å². The number of carboxylic acids is 1. The molecule has 9 nitrogen and oxygen atoms in total. The van der Waals surface area contributed by atoms with Gasteiger partial charge in [0.25, 0.3) is 0 Å². The van der Waals surface area contributed by atoms with Crippen molar-refractivity contribution in [3.8, 4) is 5.75 Å². The Morgan fingerprint density at radius 1 is 1.46 bits per heavy atom. The summed E-state index contributed by atoms with van der Waals surface area (Å²) in [6.07, 6.45) is 1.47. The van der Waals surface area contributed by atoms with Crippen LogP contribution in [0.5, 0.6) is 5.75 Å². The minimum Gasteiger partial charge on any atom is -0.755 e. The molecule has 0 spiro atoms. The number of hydrogen-bond donors (Lipinski definition) is 1. The molecule has 1 aromatic heterocycles. The largest absolute Gasteiger partial charge is 0.755 e. The van der Waals surface area contributed by atoms with Crippen molar-refractivity contribution in [2.75, 3.05) is 42.6 Å². The molecular formula is C15H16N3O6S2-. The van der Waals surface area contributed by atoms with E-state index in [4.69, 9.17) is 14.6 Å². The fraction of sp³-hybridized carbons (Fsp3) is 0.333. The predicted octanol–water partition coefficient (Wildman–Crippen LogP) is 1.62. The van der Waals surface area contributed by atoms with Gasteiger partial charge in [0, 0.05) is 13.1 Å². The van der Waals surface area contributed by atoms with Crippen LogP contribution in [-0.4, -0.2) is 58.2 Å². The molecule has 0 saturated carbocycles. The van der Waals surface area contributed by atoms with E-state index in [2.05, 4.69) is 4.98 Å². The van der Waals surface area contributed by atoms with E-state index in [1.54, 1.807) is 0 Å². The molecule has 1 saturated heterocycles. The Labute approximate surface area is 156 Å². The maximum Gasteiger partial charge on any atom is 0.335 e. The van der Waals surface area contributed by atoms with Crippen LogP contribution in [0.3, 0.4) is 0 Å². The number of methoxy groups -OCH3 is 1. The third-order valence-electron chi connectivity index (χ3n) is 3.76. The second kappa shape index (κ2) is 7.99. The molecule has 11 heteroatoms. The Balaban J connectivity index is 1.96. The van der Waals surface area contributed by atoms with Gasteiger partial charge in [0.2, 0.25) is 0 Å². The summed E-state index contributed by atoms with van der Waals surface area (Å²) in [4.78, 5) is 17.4. The van der Waals surface area contributed by atoms with E-state index in [0.717, 1.165) is 4.31 Å². The highest BCUT2D eigenvalue weighted by Crippen LogP contribution is 2.40. The molecule has 1 aromatic carbocycles. The van der Waals surface area contributed by atoms with Gasteiger partial charge in [0.1, 0.15) is 10.8 Å². The first-order chi connectivity index (χ1) is 12.5. The van der Waals surface area contributed by atoms with E-state index < -0.39 is 17.2 Å². The zero-order chi connectivity index (χ0) is 18.7. The lowest BCUT2D eigenvalue weighted by Crippen LogP contribution is -2.36. The molecular weight excluding hydrogens is 382 g/mol. The Hall–Kier alpha value is -2.21. The fourth-order valence-corrected chi connectivity index (χ4v) is 4.19. The number of benzene rings is 1. The molecule has 1 atom stereocenters. The van der Waals surface area contributed by atoms with Gasteiger partial charge in [0.15, 0.2) is 5.13 Å². The minimum atomic E-state index is -2.64. The van der Waals surface area contributed by atoms with Crippen LogP contribution in [0.25, 0.3) is 0 Å². The molecule has 3 rings (SSSR count). The van der Waals surface area contributed by atoms with Crippen LogP contribution in [0.1, 0.15) is 10.4 Å². The first-order valence-electron chi connectivity index (χ1n) is 7.60. The van der Waals surface area contributed by atoms with Crippen LogP contribution in [0.15, 0.2) is 24.4 Å². The molecule has 0 radical (unpaired) electrons. The number of nitrogens with zero attached hydrogens (tertiary/aromatic N) is 3. The Morgan fingerprint density at radius 3 is 2.81 bits per heavy atom. The molecule has 0 amide bonds. The summed E-state index contributed by atoms with van der Waals surface area (Å²) >= 11 is -1.42. The summed E-state index contributed by atoms with van der Waals surface area (Å²) in [6, 6.07) is 4.00. The summed E-state index contributed by atoms with van der Waals surface area (Å²) in [5.41, 5.74) is 0.212. The van der Waals surface area contributed by atoms with Gasteiger partial charge < -0.3 is 24.0 Å². The van der Waals surface area contributed by atoms with E-state index >= 15 is 0 Å². The van der Waals surface area contributed by atoms with Crippen LogP contribution in [0.4, 0.5) is 15.8 Å². The van der Waals surface area contributed by atoms with Crippen molar-refractivity contribution in [2.24, 2.45) is 0 Å². The van der Waals surface area contributed by atoms with Crippen molar-refractivity contribution in [1.82, 2.24) is 4.98 Å². The molecule has 1 fully saturated rings. The van der Waals surface area contributed by atoms with Crippen LogP contribution >= 0.6 is 11.3 Å². The SMILES string of the molecule is COc1cc(C(=O)O)ccc1N(c1cnc(N2CCOCC2)s1)S(=O)[O-]. The first kappa shape index (κ1) is 18.6. The first-order valence-corrected chi connectivity index (χ1v) is 9.45. The van der Waals surface area contributed by atoms with Gasteiger partial charge in [-0.2, -0.15) is 0 Å². The molecule has 1 unspecified atom stereocenters. The molecule has 1 aliphatic rings.